The molecule has 2 aliphatic rings. The molecule has 1 spiro atoms. The average molecular weight is 367 g/mol. The number of carbonyl (C=O) groups excluding carboxylic acids is 1. The number of likely N-dealkylation sites (N-methyl/N-ethyl adjacent to an activating group) is 1. The van der Waals surface area contributed by atoms with E-state index in [1.54, 1.807) is 6.92 Å². The van der Waals surface area contributed by atoms with E-state index in [1.807, 2.05) is 4.90 Å². The van der Waals surface area contributed by atoms with Crippen molar-refractivity contribution in [2.75, 3.05) is 32.7 Å². The maximum Gasteiger partial charge on any atom is 0.276 e. The number of aromatic nitrogens is 1. The van der Waals surface area contributed by atoms with Crippen molar-refractivity contribution in [3.8, 4) is 0 Å². The van der Waals surface area contributed by atoms with E-state index in [1.165, 1.54) is 18.4 Å². The van der Waals surface area contributed by atoms with Crippen molar-refractivity contribution in [2.24, 2.45) is 5.41 Å². The van der Waals surface area contributed by atoms with Crippen molar-refractivity contribution in [3.05, 3.63) is 53.7 Å². The number of hydrogen-bond acceptors (Lipinski definition) is 4. The zero-order valence-corrected chi connectivity index (χ0v) is 16.4. The highest BCUT2D eigenvalue weighted by Crippen LogP contribution is 2.45. The van der Waals surface area contributed by atoms with Crippen molar-refractivity contribution >= 4 is 5.91 Å². The summed E-state index contributed by atoms with van der Waals surface area (Å²) in [5.41, 5.74) is 2.23. The van der Waals surface area contributed by atoms with Crippen LogP contribution in [0, 0.1) is 12.3 Å². The lowest BCUT2D eigenvalue weighted by atomic mass is 9.68. The quantitative estimate of drug-likeness (QED) is 0.830. The monoisotopic (exact) mass is 367 g/mol. The number of rotatable bonds is 3. The van der Waals surface area contributed by atoms with E-state index in [-0.39, 0.29) is 5.91 Å². The minimum Gasteiger partial charge on any atom is -0.448 e. The molecule has 0 radical (unpaired) electrons. The lowest BCUT2D eigenvalue weighted by molar-refractivity contribution is 0.0156. The highest BCUT2D eigenvalue weighted by Gasteiger charge is 2.42. The van der Waals surface area contributed by atoms with E-state index in [0.717, 1.165) is 45.6 Å². The van der Waals surface area contributed by atoms with Crippen molar-refractivity contribution in [2.45, 2.75) is 39.0 Å². The molecule has 1 aromatic carbocycles. The Morgan fingerprint density at radius 2 is 2.00 bits per heavy atom. The molecule has 3 heterocycles. The maximum atomic E-state index is 12.8. The summed E-state index contributed by atoms with van der Waals surface area (Å²) in [4.78, 5) is 21.4. The Bertz CT molecular complexity index is 778. The summed E-state index contributed by atoms with van der Waals surface area (Å²) in [6.45, 7) is 9.06. The van der Waals surface area contributed by atoms with Gasteiger partial charge in [0.25, 0.3) is 5.91 Å². The van der Waals surface area contributed by atoms with Gasteiger partial charge in [-0.15, -0.1) is 0 Å². The Balaban J connectivity index is 1.47. The number of nitrogens with zero attached hydrogens (tertiary/aromatic N) is 3. The summed E-state index contributed by atoms with van der Waals surface area (Å²) in [6.07, 6.45) is 4.71. The molecule has 1 amide bonds. The molecule has 1 atom stereocenters. The summed E-state index contributed by atoms with van der Waals surface area (Å²) < 4.78 is 5.21. The van der Waals surface area contributed by atoms with Crippen LogP contribution in [0.3, 0.4) is 0 Å². The molecule has 0 aliphatic carbocycles. The molecule has 2 aliphatic heterocycles. The third-order valence-electron chi connectivity index (χ3n) is 6.49. The molecule has 0 bridgehead atoms. The molecule has 5 heteroatoms. The van der Waals surface area contributed by atoms with Crippen molar-refractivity contribution in [1.29, 1.82) is 0 Å². The Labute approximate surface area is 161 Å². The van der Waals surface area contributed by atoms with E-state index in [4.69, 9.17) is 4.42 Å². The van der Waals surface area contributed by atoms with Crippen LogP contribution in [-0.2, 0) is 0 Å². The van der Waals surface area contributed by atoms with Gasteiger partial charge in [0.05, 0.1) is 0 Å². The summed E-state index contributed by atoms with van der Waals surface area (Å²) >= 11 is 0. The number of amides is 1. The Hall–Kier alpha value is -2.14. The second-order valence-electron chi connectivity index (χ2n) is 8.19. The fourth-order valence-corrected chi connectivity index (χ4v) is 4.90. The van der Waals surface area contributed by atoms with Crippen LogP contribution in [0.2, 0.25) is 0 Å². The molecule has 2 saturated heterocycles. The Morgan fingerprint density at radius 3 is 2.63 bits per heavy atom. The summed E-state index contributed by atoms with van der Waals surface area (Å²) in [7, 11) is 0. The van der Waals surface area contributed by atoms with Crippen LogP contribution in [0.15, 0.2) is 41.1 Å². The first-order valence-corrected chi connectivity index (χ1v) is 10.1. The molecule has 0 saturated carbocycles. The van der Waals surface area contributed by atoms with Crippen LogP contribution >= 0.6 is 0 Å². The van der Waals surface area contributed by atoms with Crippen LogP contribution in [0.25, 0.3) is 0 Å². The molecule has 5 nitrogen and oxygen atoms in total. The predicted molar refractivity (Wildman–Crippen MR) is 105 cm³/mol. The van der Waals surface area contributed by atoms with Gasteiger partial charge in [0.15, 0.2) is 12.1 Å². The van der Waals surface area contributed by atoms with E-state index in [9.17, 15) is 4.79 Å². The number of piperidine rings is 2. The van der Waals surface area contributed by atoms with Crippen LogP contribution in [-0.4, -0.2) is 53.4 Å². The molecule has 144 valence electrons. The van der Waals surface area contributed by atoms with Crippen molar-refractivity contribution < 1.29 is 9.21 Å². The van der Waals surface area contributed by atoms with Crippen LogP contribution in [0.1, 0.15) is 53.9 Å². The molecule has 2 fully saturated rings. The van der Waals surface area contributed by atoms with Gasteiger partial charge in [-0.2, -0.15) is 0 Å². The Morgan fingerprint density at radius 1 is 1.26 bits per heavy atom. The van der Waals surface area contributed by atoms with E-state index >= 15 is 0 Å². The smallest absolute Gasteiger partial charge is 0.276 e. The van der Waals surface area contributed by atoms with Gasteiger partial charge < -0.3 is 14.2 Å². The number of likely N-dealkylation sites (tertiary alicyclic amines) is 2. The summed E-state index contributed by atoms with van der Waals surface area (Å²) in [5, 5.41) is 0. The second kappa shape index (κ2) is 7.47. The average Bonchev–Trinajstić information content (AvgIpc) is 3.14. The second-order valence-corrected chi connectivity index (χ2v) is 8.19. The first-order chi connectivity index (χ1) is 13.1. The number of hydrogen-bond donors (Lipinski definition) is 0. The first kappa shape index (κ1) is 18.2. The lowest BCUT2D eigenvalue weighted by Crippen LogP contribution is -2.52. The van der Waals surface area contributed by atoms with Gasteiger partial charge in [0.1, 0.15) is 5.76 Å². The third-order valence-corrected chi connectivity index (χ3v) is 6.49. The number of aryl methyl sites for hydroxylation is 1. The van der Waals surface area contributed by atoms with E-state index in [0.29, 0.717) is 22.8 Å². The van der Waals surface area contributed by atoms with Gasteiger partial charge in [-0.1, -0.05) is 37.3 Å². The maximum absolute atomic E-state index is 12.8. The molecule has 4 rings (SSSR count). The normalized spacial score (nSPS) is 22.9. The summed E-state index contributed by atoms with van der Waals surface area (Å²) in [5.74, 6) is 1.21. The van der Waals surface area contributed by atoms with Gasteiger partial charge in [-0.3, -0.25) is 4.79 Å². The van der Waals surface area contributed by atoms with E-state index < -0.39 is 0 Å². The van der Waals surface area contributed by atoms with Gasteiger partial charge in [-0.25, -0.2) is 4.98 Å². The molecule has 2 aromatic rings. The van der Waals surface area contributed by atoms with Gasteiger partial charge in [0.2, 0.25) is 0 Å². The molecule has 27 heavy (non-hydrogen) atoms. The molecular formula is C22H29N3O2. The molecule has 0 N–H and O–H groups in total. The van der Waals surface area contributed by atoms with Gasteiger partial charge in [-0.05, 0) is 49.6 Å². The molecule has 1 aromatic heterocycles. The first-order valence-electron chi connectivity index (χ1n) is 10.1. The number of oxazole rings is 1. The molecular weight excluding hydrogens is 338 g/mol. The lowest BCUT2D eigenvalue weighted by Gasteiger charge is -2.50. The largest absolute Gasteiger partial charge is 0.448 e. The Kier molecular flexibility index (Phi) is 5.04. The standard InChI is InChI=1S/C22H29N3O2/c1-3-24-14-19(18-7-5-4-6-8-18)13-22(15-24)9-11-25(12-10-22)21(26)20-17(2)27-16-23-20/h4-8,16,19H,3,9-15H2,1-2H3. The predicted octanol–water partition coefficient (Wildman–Crippen LogP) is 3.71. The third kappa shape index (κ3) is 3.65. The van der Waals surface area contributed by atoms with Crippen LogP contribution in [0.4, 0.5) is 0 Å². The number of benzene rings is 1. The van der Waals surface area contributed by atoms with Crippen molar-refractivity contribution in [1.82, 2.24) is 14.8 Å². The fraction of sp³-hybridized carbons (Fsp3) is 0.545. The van der Waals surface area contributed by atoms with Crippen LogP contribution < -0.4 is 0 Å². The zero-order valence-electron chi connectivity index (χ0n) is 16.4. The highest BCUT2D eigenvalue weighted by atomic mass is 16.3. The topological polar surface area (TPSA) is 49.6 Å². The summed E-state index contributed by atoms with van der Waals surface area (Å²) in [6, 6.07) is 10.9. The van der Waals surface area contributed by atoms with E-state index in [2.05, 4.69) is 47.1 Å². The SMILES string of the molecule is CCN1CC(c2ccccc2)CC2(CCN(C(=O)c3ncoc3C)CC2)C1. The fourth-order valence-electron chi connectivity index (χ4n) is 4.90. The number of carbonyl (C=O) groups is 1. The molecule has 1 unspecified atom stereocenters. The van der Waals surface area contributed by atoms with Gasteiger partial charge in [0, 0.05) is 26.2 Å². The zero-order chi connectivity index (χ0) is 18.9. The van der Waals surface area contributed by atoms with Crippen molar-refractivity contribution in [3.63, 3.8) is 0 Å². The van der Waals surface area contributed by atoms with Crippen LogP contribution in [0.5, 0.6) is 0 Å². The van der Waals surface area contributed by atoms with Gasteiger partial charge >= 0.3 is 0 Å². The highest BCUT2D eigenvalue weighted by molar-refractivity contribution is 5.93. The minimum atomic E-state index is 0.0128. The minimum absolute atomic E-state index is 0.0128.